The third-order valence-corrected chi connectivity index (χ3v) is 3.81. The van der Waals surface area contributed by atoms with Gasteiger partial charge in [0.2, 0.25) is 0 Å². The Morgan fingerprint density at radius 1 is 1.28 bits per heavy atom. The molecule has 0 amide bonds. The second-order valence-electron chi connectivity index (χ2n) is 5.23. The Kier molecular flexibility index (Phi) is 5.02. The molecular weight excluding hydrogens is 249 g/mol. The Hall–Kier alpha value is -0.600. The van der Waals surface area contributed by atoms with Gasteiger partial charge in [0, 0.05) is 11.1 Å². The third-order valence-electron chi connectivity index (χ3n) is 3.46. The van der Waals surface area contributed by atoms with Crippen LogP contribution in [-0.2, 0) is 6.42 Å². The van der Waals surface area contributed by atoms with Crippen molar-refractivity contribution in [1.82, 2.24) is 5.32 Å². The molecule has 0 aromatic heterocycles. The van der Waals surface area contributed by atoms with Crippen molar-refractivity contribution in [3.8, 4) is 0 Å². The summed E-state index contributed by atoms with van der Waals surface area (Å²) < 4.78 is 13.2. The molecule has 1 saturated carbocycles. The van der Waals surface area contributed by atoms with Gasteiger partial charge in [-0.05, 0) is 62.8 Å². The number of benzene rings is 1. The SMILES string of the molecule is Cc1cc(CCCCCNC2CC2)c(Cl)cc1F. The van der Waals surface area contributed by atoms with Crippen molar-refractivity contribution in [2.45, 2.75) is 51.5 Å². The largest absolute Gasteiger partial charge is 0.314 e. The van der Waals surface area contributed by atoms with Crippen LogP contribution < -0.4 is 5.32 Å². The van der Waals surface area contributed by atoms with E-state index in [2.05, 4.69) is 5.32 Å². The molecule has 0 radical (unpaired) electrons. The van der Waals surface area contributed by atoms with Crippen LogP contribution in [0.15, 0.2) is 12.1 Å². The molecule has 1 aromatic rings. The lowest BCUT2D eigenvalue weighted by atomic mass is 10.0. The summed E-state index contributed by atoms with van der Waals surface area (Å²) in [5, 5.41) is 4.07. The molecule has 0 heterocycles. The number of halogens is 2. The van der Waals surface area contributed by atoms with E-state index in [4.69, 9.17) is 11.6 Å². The van der Waals surface area contributed by atoms with E-state index in [1.54, 1.807) is 6.92 Å². The number of rotatable bonds is 7. The van der Waals surface area contributed by atoms with E-state index in [0.29, 0.717) is 10.6 Å². The fraction of sp³-hybridized carbons (Fsp3) is 0.600. The lowest BCUT2D eigenvalue weighted by molar-refractivity contribution is 0.598. The molecule has 1 aliphatic rings. The van der Waals surface area contributed by atoms with Crippen molar-refractivity contribution >= 4 is 11.6 Å². The number of hydrogen-bond acceptors (Lipinski definition) is 1. The Bertz CT molecular complexity index is 402. The number of aryl methyl sites for hydroxylation is 2. The highest BCUT2D eigenvalue weighted by Gasteiger charge is 2.19. The van der Waals surface area contributed by atoms with Crippen molar-refractivity contribution in [2.75, 3.05) is 6.54 Å². The van der Waals surface area contributed by atoms with Crippen molar-refractivity contribution in [1.29, 1.82) is 0 Å². The first-order valence-electron chi connectivity index (χ1n) is 6.84. The maximum Gasteiger partial charge on any atom is 0.127 e. The summed E-state index contributed by atoms with van der Waals surface area (Å²) in [7, 11) is 0. The van der Waals surface area contributed by atoms with Crippen LogP contribution in [0.25, 0.3) is 0 Å². The van der Waals surface area contributed by atoms with Crippen LogP contribution in [0, 0.1) is 12.7 Å². The van der Waals surface area contributed by atoms with Gasteiger partial charge in [-0.1, -0.05) is 24.1 Å². The fourth-order valence-electron chi connectivity index (χ4n) is 2.12. The zero-order valence-electron chi connectivity index (χ0n) is 10.9. The average Bonchev–Trinajstić information content (AvgIpc) is 3.13. The first-order valence-corrected chi connectivity index (χ1v) is 7.22. The summed E-state index contributed by atoms with van der Waals surface area (Å²) in [6.45, 7) is 2.91. The highest BCUT2D eigenvalue weighted by Crippen LogP contribution is 2.22. The monoisotopic (exact) mass is 269 g/mol. The highest BCUT2D eigenvalue weighted by atomic mass is 35.5. The van der Waals surface area contributed by atoms with Crippen LogP contribution in [0.2, 0.25) is 5.02 Å². The van der Waals surface area contributed by atoms with Crippen molar-refractivity contribution in [2.24, 2.45) is 0 Å². The van der Waals surface area contributed by atoms with E-state index >= 15 is 0 Å². The molecule has 0 saturated heterocycles. The molecular formula is C15H21ClFN. The van der Waals surface area contributed by atoms with Crippen molar-refractivity contribution in [3.05, 3.63) is 34.1 Å². The summed E-state index contributed by atoms with van der Waals surface area (Å²) >= 11 is 6.04. The highest BCUT2D eigenvalue weighted by molar-refractivity contribution is 6.31. The zero-order chi connectivity index (χ0) is 13.0. The molecule has 1 aromatic carbocycles. The first kappa shape index (κ1) is 13.8. The molecule has 100 valence electrons. The third kappa shape index (κ3) is 4.25. The molecule has 3 heteroatoms. The molecule has 1 aliphatic carbocycles. The predicted octanol–water partition coefficient (Wildman–Crippen LogP) is 4.25. The second kappa shape index (κ2) is 6.53. The van der Waals surface area contributed by atoms with E-state index in [9.17, 15) is 4.39 Å². The minimum absolute atomic E-state index is 0.211. The van der Waals surface area contributed by atoms with Crippen molar-refractivity contribution in [3.63, 3.8) is 0 Å². The van der Waals surface area contributed by atoms with Gasteiger partial charge in [-0.2, -0.15) is 0 Å². The molecule has 0 unspecified atom stereocenters. The smallest absolute Gasteiger partial charge is 0.127 e. The van der Waals surface area contributed by atoms with E-state index in [0.717, 1.165) is 31.0 Å². The molecule has 1 nitrogen and oxygen atoms in total. The van der Waals surface area contributed by atoms with Gasteiger partial charge in [-0.25, -0.2) is 4.39 Å². The zero-order valence-corrected chi connectivity index (χ0v) is 11.7. The lowest BCUT2D eigenvalue weighted by Crippen LogP contribution is -2.17. The predicted molar refractivity (Wildman–Crippen MR) is 74.7 cm³/mol. The molecule has 18 heavy (non-hydrogen) atoms. The quantitative estimate of drug-likeness (QED) is 0.730. The van der Waals surface area contributed by atoms with E-state index in [1.165, 1.54) is 31.7 Å². The number of nitrogens with one attached hydrogen (secondary N) is 1. The molecule has 0 bridgehead atoms. The van der Waals surface area contributed by atoms with Crippen LogP contribution >= 0.6 is 11.6 Å². The Labute approximate surface area is 114 Å². The van der Waals surface area contributed by atoms with Crippen molar-refractivity contribution < 1.29 is 4.39 Å². The van der Waals surface area contributed by atoms with E-state index in [1.807, 2.05) is 6.07 Å². The minimum Gasteiger partial charge on any atom is -0.314 e. The standard InChI is InChI=1S/C15H21ClFN/c1-11-9-12(14(16)10-15(11)17)5-3-2-4-8-18-13-6-7-13/h9-10,13,18H,2-8H2,1H3. The summed E-state index contributed by atoms with van der Waals surface area (Å²) in [6.07, 6.45) is 7.19. The molecule has 1 N–H and O–H groups in total. The molecule has 1 fully saturated rings. The summed E-state index contributed by atoms with van der Waals surface area (Å²) in [6, 6.07) is 4.11. The topological polar surface area (TPSA) is 12.0 Å². The van der Waals surface area contributed by atoms with Gasteiger partial charge in [-0.3, -0.25) is 0 Å². The van der Waals surface area contributed by atoms with Crippen LogP contribution in [0.3, 0.4) is 0 Å². The number of unbranched alkanes of at least 4 members (excludes halogenated alkanes) is 2. The van der Waals surface area contributed by atoms with Crippen LogP contribution in [0.1, 0.15) is 43.2 Å². The summed E-state index contributed by atoms with van der Waals surface area (Å²) in [4.78, 5) is 0. The summed E-state index contributed by atoms with van der Waals surface area (Å²) in [5.74, 6) is -0.211. The van der Waals surface area contributed by atoms with Gasteiger partial charge in [0.15, 0.2) is 0 Å². The van der Waals surface area contributed by atoms with E-state index < -0.39 is 0 Å². The Balaban J connectivity index is 1.67. The van der Waals surface area contributed by atoms with Gasteiger partial charge in [0.25, 0.3) is 0 Å². The fourth-order valence-corrected chi connectivity index (χ4v) is 2.36. The average molecular weight is 270 g/mol. The summed E-state index contributed by atoms with van der Waals surface area (Å²) in [5.41, 5.74) is 1.76. The normalized spacial score (nSPS) is 15.1. The van der Waals surface area contributed by atoms with E-state index in [-0.39, 0.29) is 5.82 Å². The van der Waals surface area contributed by atoms with Gasteiger partial charge < -0.3 is 5.32 Å². The molecule has 0 spiro atoms. The second-order valence-corrected chi connectivity index (χ2v) is 5.64. The maximum absolute atomic E-state index is 13.2. The maximum atomic E-state index is 13.2. The lowest BCUT2D eigenvalue weighted by Gasteiger charge is -2.07. The Morgan fingerprint density at radius 2 is 2.06 bits per heavy atom. The first-order chi connectivity index (χ1) is 8.66. The molecule has 0 aliphatic heterocycles. The van der Waals surface area contributed by atoms with Crippen LogP contribution in [0.5, 0.6) is 0 Å². The van der Waals surface area contributed by atoms with Gasteiger partial charge >= 0.3 is 0 Å². The Morgan fingerprint density at radius 3 is 2.78 bits per heavy atom. The molecule has 2 rings (SSSR count). The van der Waals surface area contributed by atoms with Crippen LogP contribution in [0.4, 0.5) is 4.39 Å². The minimum atomic E-state index is -0.211. The van der Waals surface area contributed by atoms with Gasteiger partial charge in [0.05, 0.1) is 0 Å². The number of hydrogen-bond donors (Lipinski definition) is 1. The van der Waals surface area contributed by atoms with Crippen LogP contribution in [-0.4, -0.2) is 12.6 Å². The molecule has 0 atom stereocenters. The van der Waals surface area contributed by atoms with Gasteiger partial charge in [0.1, 0.15) is 5.82 Å². The van der Waals surface area contributed by atoms with Gasteiger partial charge in [-0.15, -0.1) is 0 Å².